The second-order valence-electron chi connectivity index (χ2n) is 6.64. The van der Waals surface area contributed by atoms with Crippen LogP contribution in [0.5, 0.6) is 0 Å². The second-order valence-corrected chi connectivity index (χ2v) is 6.64. The van der Waals surface area contributed by atoms with Crippen molar-refractivity contribution in [1.82, 2.24) is 0 Å². The Morgan fingerprint density at radius 3 is 2.45 bits per heavy atom. The highest BCUT2D eigenvalue weighted by Crippen LogP contribution is 2.40. The van der Waals surface area contributed by atoms with Crippen LogP contribution in [0.2, 0.25) is 0 Å². The van der Waals surface area contributed by atoms with Gasteiger partial charge in [0.1, 0.15) is 5.60 Å². The summed E-state index contributed by atoms with van der Waals surface area (Å²) in [5.41, 5.74) is 0.608. The summed E-state index contributed by atoms with van der Waals surface area (Å²) >= 11 is 0. The highest BCUT2D eigenvalue weighted by atomic mass is 16.6. The van der Waals surface area contributed by atoms with Crippen molar-refractivity contribution in [3.05, 3.63) is 23.8 Å². The summed E-state index contributed by atoms with van der Waals surface area (Å²) in [6.45, 7) is 0.322. The van der Waals surface area contributed by atoms with E-state index in [-0.39, 0.29) is 11.6 Å². The van der Waals surface area contributed by atoms with Gasteiger partial charge in [0, 0.05) is 12.2 Å². The second kappa shape index (κ2) is 9.14. The van der Waals surface area contributed by atoms with Crippen LogP contribution in [0, 0.1) is 0 Å². The van der Waals surface area contributed by atoms with Crippen molar-refractivity contribution in [2.45, 2.75) is 82.7 Å². The monoisotopic (exact) mass is 306 g/mol. The largest absolute Gasteiger partial charge is 0.451 e. The number of esters is 1. The number of ether oxygens (including phenoxy) is 1. The van der Waals surface area contributed by atoms with Gasteiger partial charge in [0.25, 0.3) is 0 Å². The van der Waals surface area contributed by atoms with Crippen molar-refractivity contribution in [3.8, 4) is 0 Å². The minimum atomic E-state index is -0.241. The van der Waals surface area contributed by atoms with Crippen molar-refractivity contribution >= 4 is 5.97 Å². The predicted octanol–water partition coefficient (Wildman–Crippen LogP) is 4.45. The molecular weight excluding hydrogens is 276 g/mol. The lowest BCUT2D eigenvalue weighted by Crippen LogP contribution is -2.23. The first kappa shape index (κ1) is 17.3. The molecule has 0 bridgehead atoms. The average molecular weight is 306 g/mol. The van der Waals surface area contributed by atoms with Gasteiger partial charge in [0.15, 0.2) is 0 Å². The number of carbonyl (C=O) groups excluding carboxylic acids is 1. The van der Waals surface area contributed by atoms with Gasteiger partial charge >= 0.3 is 5.97 Å². The van der Waals surface area contributed by atoms with Crippen molar-refractivity contribution in [3.63, 3.8) is 0 Å². The van der Waals surface area contributed by atoms with Crippen LogP contribution in [0.3, 0.4) is 0 Å². The fourth-order valence-electron chi connectivity index (χ4n) is 3.43. The molecule has 0 unspecified atom stereocenters. The summed E-state index contributed by atoms with van der Waals surface area (Å²) < 4.78 is 5.58. The van der Waals surface area contributed by atoms with Crippen molar-refractivity contribution in [1.29, 1.82) is 0 Å². The lowest BCUT2D eigenvalue weighted by atomic mass is 10.0. The SMILES string of the molecule is O=C1OC2(C=C1C/C=C/CCCCCCCCO)CCCC2. The smallest absolute Gasteiger partial charge is 0.335 e. The molecule has 1 fully saturated rings. The number of allylic oxidation sites excluding steroid dienone is 2. The molecule has 1 saturated carbocycles. The molecule has 0 aromatic carbocycles. The van der Waals surface area contributed by atoms with Crippen LogP contribution in [0.15, 0.2) is 23.8 Å². The standard InChI is InChI=1S/C19H30O3/c20-15-11-7-5-3-1-2-4-6-8-12-17-16-19(22-18(17)21)13-9-10-14-19/h6,8,16,20H,1-5,7,9-15H2/b8-6+. The Hall–Kier alpha value is -1.09. The number of aliphatic hydroxyl groups excluding tert-OH is 1. The zero-order valence-corrected chi connectivity index (χ0v) is 13.7. The van der Waals surface area contributed by atoms with Crippen molar-refractivity contribution < 1.29 is 14.6 Å². The Morgan fingerprint density at radius 2 is 1.73 bits per heavy atom. The highest BCUT2D eigenvalue weighted by Gasteiger charge is 2.41. The molecule has 0 amide bonds. The van der Waals surface area contributed by atoms with Crippen LogP contribution in [-0.4, -0.2) is 23.3 Å². The fourth-order valence-corrected chi connectivity index (χ4v) is 3.43. The average Bonchev–Trinajstić information content (AvgIpc) is 3.08. The van der Waals surface area contributed by atoms with Crippen molar-refractivity contribution in [2.24, 2.45) is 0 Å². The summed E-state index contributed by atoms with van der Waals surface area (Å²) in [5.74, 6) is -0.101. The van der Waals surface area contributed by atoms with Gasteiger partial charge in [-0.15, -0.1) is 0 Å². The Bertz CT molecular complexity index is 403. The van der Waals surface area contributed by atoms with E-state index in [0.29, 0.717) is 6.61 Å². The topological polar surface area (TPSA) is 46.5 Å². The Balaban J connectivity index is 1.57. The third-order valence-electron chi connectivity index (χ3n) is 4.73. The van der Waals surface area contributed by atoms with Gasteiger partial charge < -0.3 is 9.84 Å². The number of hydrogen-bond acceptors (Lipinski definition) is 3. The number of carbonyl (C=O) groups is 1. The molecule has 3 nitrogen and oxygen atoms in total. The Labute approximate surface area is 134 Å². The summed E-state index contributed by atoms with van der Waals surface area (Å²) in [6, 6.07) is 0. The molecule has 22 heavy (non-hydrogen) atoms. The molecule has 0 saturated heterocycles. The molecule has 0 atom stereocenters. The van der Waals surface area contributed by atoms with Gasteiger partial charge in [-0.3, -0.25) is 0 Å². The van der Waals surface area contributed by atoms with Gasteiger partial charge in [-0.2, -0.15) is 0 Å². The lowest BCUT2D eigenvalue weighted by molar-refractivity contribution is -0.146. The molecular formula is C19H30O3. The minimum absolute atomic E-state index is 0.101. The number of unbranched alkanes of at least 4 members (excludes halogenated alkanes) is 6. The summed E-state index contributed by atoms with van der Waals surface area (Å²) in [5, 5.41) is 8.70. The molecule has 2 aliphatic rings. The maximum atomic E-state index is 11.9. The maximum Gasteiger partial charge on any atom is 0.335 e. The van der Waals surface area contributed by atoms with E-state index in [4.69, 9.17) is 9.84 Å². The van der Waals surface area contributed by atoms with E-state index in [0.717, 1.165) is 44.1 Å². The third-order valence-corrected chi connectivity index (χ3v) is 4.73. The molecule has 1 aliphatic carbocycles. The van der Waals surface area contributed by atoms with E-state index in [9.17, 15) is 4.79 Å². The number of aliphatic hydroxyl groups is 1. The fraction of sp³-hybridized carbons (Fsp3) is 0.737. The van der Waals surface area contributed by atoms with Crippen LogP contribution in [0.1, 0.15) is 77.0 Å². The maximum absolute atomic E-state index is 11.9. The van der Waals surface area contributed by atoms with E-state index in [1.165, 1.54) is 38.5 Å². The zero-order valence-electron chi connectivity index (χ0n) is 13.7. The van der Waals surface area contributed by atoms with Gasteiger partial charge in [-0.05, 0) is 57.4 Å². The number of rotatable bonds is 10. The lowest BCUT2D eigenvalue weighted by Gasteiger charge is -2.18. The van der Waals surface area contributed by atoms with Crippen LogP contribution >= 0.6 is 0 Å². The molecule has 124 valence electrons. The zero-order chi connectivity index (χ0) is 15.7. The van der Waals surface area contributed by atoms with Gasteiger partial charge in [0.05, 0.1) is 0 Å². The molecule has 0 aromatic heterocycles. The first-order valence-corrected chi connectivity index (χ1v) is 8.97. The third kappa shape index (κ3) is 5.28. The van der Waals surface area contributed by atoms with E-state index >= 15 is 0 Å². The molecule has 1 heterocycles. The Morgan fingerprint density at radius 1 is 1.05 bits per heavy atom. The molecule has 2 rings (SSSR count). The first-order chi connectivity index (χ1) is 10.8. The van der Waals surface area contributed by atoms with E-state index in [1.807, 2.05) is 0 Å². The van der Waals surface area contributed by atoms with Gasteiger partial charge in [-0.25, -0.2) is 4.79 Å². The molecule has 1 aliphatic heterocycles. The summed E-state index contributed by atoms with van der Waals surface area (Å²) in [6.07, 6.45) is 19.6. The quantitative estimate of drug-likeness (QED) is 0.368. The van der Waals surface area contributed by atoms with Crippen LogP contribution in [-0.2, 0) is 9.53 Å². The first-order valence-electron chi connectivity index (χ1n) is 8.97. The molecule has 1 N–H and O–H groups in total. The predicted molar refractivity (Wildman–Crippen MR) is 88.5 cm³/mol. The van der Waals surface area contributed by atoms with E-state index in [1.54, 1.807) is 0 Å². The van der Waals surface area contributed by atoms with E-state index in [2.05, 4.69) is 18.2 Å². The van der Waals surface area contributed by atoms with Crippen LogP contribution < -0.4 is 0 Å². The Kier molecular flexibility index (Phi) is 7.17. The van der Waals surface area contributed by atoms with E-state index < -0.39 is 0 Å². The number of hydrogen-bond donors (Lipinski definition) is 1. The normalized spacial score (nSPS) is 20.0. The van der Waals surface area contributed by atoms with Gasteiger partial charge in [0.2, 0.25) is 0 Å². The van der Waals surface area contributed by atoms with Crippen LogP contribution in [0.4, 0.5) is 0 Å². The molecule has 1 spiro atoms. The summed E-state index contributed by atoms with van der Waals surface area (Å²) in [4.78, 5) is 11.9. The highest BCUT2D eigenvalue weighted by molar-refractivity contribution is 5.91. The molecule has 0 radical (unpaired) electrons. The van der Waals surface area contributed by atoms with Gasteiger partial charge in [-0.1, -0.05) is 37.8 Å². The molecule has 0 aromatic rings. The molecule has 3 heteroatoms. The van der Waals surface area contributed by atoms with Crippen molar-refractivity contribution in [2.75, 3.05) is 6.61 Å². The minimum Gasteiger partial charge on any atom is -0.451 e. The summed E-state index contributed by atoms with van der Waals surface area (Å²) in [7, 11) is 0. The van der Waals surface area contributed by atoms with Crippen LogP contribution in [0.25, 0.3) is 0 Å².